The van der Waals surface area contributed by atoms with E-state index in [2.05, 4.69) is 0 Å². The summed E-state index contributed by atoms with van der Waals surface area (Å²) >= 11 is 0. The molecule has 0 radical (unpaired) electrons. The second-order valence-electron chi connectivity index (χ2n) is 8.77. The fourth-order valence-electron chi connectivity index (χ4n) is 4.87. The Balaban J connectivity index is 1.49. The van der Waals surface area contributed by atoms with E-state index in [1.54, 1.807) is 9.58 Å². The maximum Gasteiger partial charge on any atom is 0.272 e. The van der Waals surface area contributed by atoms with Gasteiger partial charge < -0.3 is 4.90 Å². The van der Waals surface area contributed by atoms with E-state index < -0.39 is 14.6 Å². The van der Waals surface area contributed by atoms with Crippen molar-refractivity contribution in [2.24, 2.45) is 0 Å². The molecule has 0 bridgehead atoms. The predicted octanol–water partition coefficient (Wildman–Crippen LogP) is 3.32. The molecule has 2 aliphatic carbocycles. The molecule has 2 aromatic rings. The van der Waals surface area contributed by atoms with Crippen LogP contribution in [0.25, 0.3) is 5.69 Å². The lowest BCUT2D eigenvalue weighted by atomic mass is 9.87. The first-order chi connectivity index (χ1) is 14.0. The number of benzene rings is 1. The van der Waals surface area contributed by atoms with Gasteiger partial charge in [0.25, 0.3) is 5.91 Å². The third-order valence-corrected chi connectivity index (χ3v) is 9.34. The van der Waals surface area contributed by atoms with Gasteiger partial charge in [-0.15, -0.1) is 0 Å². The molecule has 1 amide bonds. The van der Waals surface area contributed by atoms with Gasteiger partial charge in [0.1, 0.15) is 5.69 Å². The highest BCUT2D eigenvalue weighted by Gasteiger charge is 2.49. The van der Waals surface area contributed by atoms with E-state index in [9.17, 15) is 13.2 Å². The molecule has 2 saturated carbocycles. The van der Waals surface area contributed by atoms with Crippen LogP contribution < -0.4 is 0 Å². The van der Waals surface area contributed by atoms with Crippen molar-refractivity contribution in [3.05, 3.63) is 47.8 Å². The van der Waals surface area contributed by atoms with Crippen molar-refractivity contribution in [3.63, 3.8) is 0 Å². The molecule has 6 nitrogen and oxygen atoms in total. The quantitative estimate of drug-likeness (QED) is 0.774. The van der Waals surface area contributed by atoms with Crippen LogP contribution in [0, 0.1) is 0 Å². The molecule has 5 rings (SSSR count). The number of carbonyl (C=O) groups is 1. The van der Waals surface area contributed by atoms with Gasteiger partial charge in [-0.1, -0.05) is 37.5 Å². The molecule has 1 spiro atoms. The number of nitrogens with zero attached hydrogens (tertiary/aromatic N) is 3. The third-order valence-electron chi connectivity index (χ3n) is 6.76. The van der Waals surface area contributed by atoms with Crippen molar-refractivity contribution in [1.82, 2.24) is 14.7 Å². The molecule has 1 aliphatic heterocycles. The topological polar surface area (TPSA) is 72.3 Å². The summed E-state index contributed by atoms with van der Waals surface area (Å²) in [7, 11) is -3.17. The van der Waals surface area contributed by atoms with Gasteiger partial charge in [0.05, 0.1) is 21.9 Å². The van der Waals surface area contributed by atoms with E-state index in [1.807, 2.05) is 36.4 Å². The van der Waals surface area contributed by atoms with E-state index in [4.69, 9.17) is 5.10 Å². The highest BCUT2D eigenvalue weighted by atomic mass is 32.2. The van der Waals surface area contributed by atoms with Crippen molar-refractivity contribution < 1.29 is 13.2 Å². The Morgan fingerprint density at radius 1 is 1.07 bits per heavy atom. The fourth-order valence-corrected chi connectivity index (χ4v) is 7.03. The number of para-hydroxylation sites is 1. The molecule has 2 heterocycles. The summed E-state index contributed by atoms with van der Waals surface area (Å²) in [6, 6.07) is 11.6. The zero-order valence-electron chi connectivity index (χ0n) is 16.6. The number of hydrogen-bond donors (Lipinski definition) is 0. The van der Waals surface area contributed by atoms with Gasteiger partial charge in [-0.2, -0.15) is 5.10 Å². The van der Waals surface area contributed by atoms with Crippen LogP contribution in [0.15, 0.2) is 36.4 Å². The van der Waals surface area contributed by atoms with Crippen LogP contribution in [-0.4, -0.2) is 52.6 Å². The van der Waals surface area contributed by atoms with Crippen LogP contribution in [0.4, 0.5) is 0 Å². The fraction of sp³-hybridized carbons (Fsp3) is 0.545. The monoisotopic (exact) mass is 413 g/mol. The second kappa shape index (κ2) is 6.97. The molecule has 3 aliphatic rings. The largest absolute Gasteiger partial charge is 0.335 e. The maximum atomic E-state index is 13.6. The van der Waals surface area contributed by atoms with Gasteiger partial charge in [0.15, 0.2) is 9.84 Å². The number of rotatable bonds is 3. The molecule has 7 heteroatoms. The van der Waals surface area contributed by atoms with Gasteiger partial charge in [0.2, 0.25) is 0 Å². The van der Waals surface area contributed by atoms with Gasteiger partial charge in [-0.25, -0.2) is 13.1 Å². The lowest BCUT2D eigenvalue weighted by Crippen LogP contribution is -2.58. The molecule has 1 aromatic carbocycles. The molecule has 154 valence electrons. The third kappa shape index (κ3) is 3.29. The minimum atomic E-state index is -3.17. The van der Waals surface area contributed by atoms with Gasteiger partial charge >= 0.3 is 0 Å². The van der Waals surface area contributed by atoms with Crippen LogP contribution in [0.2, 0.25) is 0 Å². The van der Waals surface area contributed by atoms with Crippen LogP contribution in [0.5, 0.6) is 0 Å². The molecule has 0 unspecified atom stereocenters. The van der Waals surface area contributed by atoms with Crippen LogP contribution in [-0.2, 0) is 9.84 Å². The average molecular weight is 414 g/mol. The highest BCUT2D eigenvalue weighted by Crippen LogP contribution is 2.41. The molecule has 0 N–H and O–H groups in total. The average Bonchev–Trinajstić information content (AvgIpc) is 3.49. The summed E-state index contributed by atoms with van der Waals surface area (Å²) in [5.74, 6) is 0.402. The molecular formula is C22H27N3O3S. The molecular weight excluding hydrogens is 386 g/mol. The van der Waals surface area contributed by atoms with Crippen molar-refractivity contribution in [2.75, 3.05) is 18.8 Å². The summed E-state index contributed by atoms with van der Waals surface area (Å²) in [5.41, 5.74) is 2.37. The lowest BCUT2D eigenvalue weighted by molar-refractivity contribution is 0.0714. The van der Waals surface area contributed by atoms with E-state index >= 15 is 0 Å². The number of aromatic nitrogens is 2. The summed E-state index contributed by atoms with van der Waals surface area (Å²) in [4.78, 5) is 15.3. The van der Waals surface area contributed by atoms with Gasteiger partial charge in [0, 0.05) is 19.0 Å². The molecule has 3 fully saturated rings. The smallest absolute Gasteiger partial charge is 0.272 e. The van der Waals surface area contributed by atoms with Crippen molar-refractivity contribution in [2.45, 2.75) is 55.6 Å². The summed E-state index contributed by atoms with van der Waals surface area (Å²) in [5, 5.41) is 4.74. The van der Waals surface area contributed by atoms with Gasteiger partial charge in [-0.05, 0) is 43.9 Å². The zero-order chi connectivity index (χ0) is 20.1. The van der Waals surface area contributed by atoms with Crippen molar-refractivity contribution in [1.29, 1.82) is 0 Å². The van der Waals surface area contributed by atoms with Crippen molar-refractivity contribution >= 4 is 15.7 Å². The first kappa shape index (κ1) is 18.9. The summed E-state index contributed by atoms with van der Waals surface area (Å²) < 4.78 is 26.8. The zero-order valence-corrected chi connectivity index (χ0v) is 17.4. The van der Waals surface area contributed by atoms with E-state index in [0.717, 1.165) is 43.5 Å². The Hall–Kier alpha value is -2.15. The normalized spacial score (nSPS) is 23.2. The van der Waals surface area contributed by atoms with E-state index in [-0.39, 0.29) is 18.2 Å². The second-order valence-corrected chi connectivity index (χ2v) is 11.3. The SMILES string of the molecule is O=C(c1cc(C2CC2)nn1-c1ccccc1)N1CCS(=O)(=O)C2(CCCCC2)C1. The Bertz CT molecular complexity index is 1020. The molecule has 1 saturated heterocycles. The predicted molar refractivity (Wildman–Crippen MR) is 111 cm³/mol. The molecule has 1 aromatic heterocycles. The van der Waals surface area contributed by atoms with Crippen molar-refractivity contribution in [3.8, 4) is 5.69 Å². The Labute approximate surface area is 171 Å². The maximum absolute atomic E-state index is 13.6. The Morgan fingerprint density at radius 2 is 1.79 bits per heavy atom. The number of sulfone groups is 1. The summed E-state index contributed by atoms with van der Waals surface area (Å²) in [6.07, 6.45) is 6.50. The van der Waals surface area contributed by atoms with E-state index in [1.165, 1.54) is 0 Å². The number of amides is 1. The van der Waals surface area contributed by atoms with Gasteiger partial charge in [-0.3, -0.25) is 4.79 Å². The lowest BCUT2D eigenvalue weighted by Gasteiger charge is -2.44. The number of carbonyl (C=O) groups excluding carboxylic acids is 1. The first-order valence-corrected chi connectivity index (χ1v) is 12.3. The van der Waals surface area contributed by atoms with Crippen LogP contribution in [0.3, 0.4) is 0 Å². The van der Waals surface area contributed by atoms with Crippen LogP contribution >= 0.6 is 0 Å². The highest BCUT2D eigenvalue weighted by molar-refractivity contribution is 7.92. The molecule has 29 heavy (non-hydrogen) atoms. The molecule has 0 atom stereocenters. The standard InChI is InChI=1S/C22H27N3O3S/c26-21(24-13-14-29(27,28)22(16-24)11-5-2-6-12-22)20-15-19(17-9-10-17)23-25(20)18-7-3-1-4-8-18/h1,3-4,7-8,15,17H,2,5-6,9-14,16H2. The Morgan fingerprint density at radius 3 is 2.48 bits per heavy atom. The van der Waals surface area contributed by atoms with E-state index in [0.29, 0.717) is 31.0 Å². The Kier molecular flexibility index (Phi) is 4.53. The van der Waals surface area contributed by atoms with Crippen LogP contribution in [0.1, 0.15) is 67.0 Å². The first-order valence-electron chi connectivity index (χ1n) is 10.7. The summed E-state index contributed by atoms with van der Waals surface area (Å²) in [6.45, 7) is 0.578. The number of hydrogen-bond acceptors (Lipinski definition) is 4. The minimum Gasteiger partial charge on any atom is -0.335 e. The minimum absolute atomic E-state index is 0.0632.